The molecule has 0 spiro atoms. The van der Waals surface area contributed by atoms with E-state index in [1.54, 1.807) is 0 Å². The molecule has 1 aromatic carbocycles. The van der Waals surface area contributed by atoms with Gasteiger partial charge in [-0.2, -0.15) is 0 Å². The molecule has 0 aliphatic heterocycles. The largest absolute Gasteiger partial charge is 0.477 e. The number of halogens is 2. The van der Waals surface area contributed by atoms with Crippen LogP contribution in [-0.2, 0) is 4.79 Å². The Balaban J connectivity index is 3.23. The molecule has 5 heteroatoms. The number of aliphatic carboxylic acids is 1. The van der Waals surface area contributed by atoms with Crippen molar-refractivity contribution in [3.8, 4) is 0 Å². The lowest BCUT2D eigenvalue weighted by atomic mass is 10.1. The van der Waals surface area contributed by atoms with Gasteiger partial charge in [-0.3, -0.25) is 0 Å². The summed E-state index contributed by atoms with van der Waals surface area (Å²) in [7, 11) is 0. The molecule has 1 rings (SSSR count). The minimum atomic E-state index is -1.38. The fourth-order valence-corrected chi connectivity index (χ4v) is 1.00. The van der Waals surface area contributed by atoms with Crippen LogP contribution in [0.15, 0.2) is 17.8 Å². The van der Waals surface area contributed by atoms with E-state index in [1.165, 1.54) is 19.1 Å². The number of carbonyl (C=O) groups is 1. The molecule has 0 aliphatic rings. The Hall–Kier alpha value is -1.91. The summed E-state index contributed by atoms with van der Waals surface area (Å²) in [5.41, 5.74) is 4.50. The van der Waals surface area contributed by atoms with Gasteiger partial charge < -0.3 is 10.8 Å². The number of carboxylic acid groups (broad SMARTS) is 1. The van der Waals surface area contributed by atoms with Gasteiger partial charge in [-0.1, -0.05) is 12.1 Å². The first kappa shape index (κ1) is 11.2. The Morgan fingerprint density at radius 1 is 1.40 bits per heavy atom. The van der Waals surface area contributed by atoms with Gasteiger partial charge in [0.25, 0.3) is 0 Å². The van der Waals surface area contributed by atoms with Crippen molar-refractivity contribution in [3.05, 3.63) is 40.6 Å². The maximum Gasteiger partial charge on any atom is 0.351 e. The highest BCUT2D eigenvalue weighted by molar-refractivity contribution is 5.91. The Morgan fingerprint density at radius 3 is 2.53 bits per heavy atom. The van der Waals surface area contributed by atoms with Crippen LogP contribution in [0.2, 0.25) is 0 Å². The van der Waals surface area contributed by atoms with E-state index in [2.05, 4.69) is 0 Å². The predicted molar refractivity (Wildman–Crippen MR) is 50.9 cm³/mol. The summed E-state index contributed by atoms with van der Waals surface area (Å²) in [4.78, 5) is 10.4. The molecule has 0 saturated heterocycles. The SMILES string of the molecule is Cc1ccc(/C=C(/N)C(=O)O)c(F)c1F. The van der Waals surface area contributed by atoms with Gasteiger partial charge >= 0.3 is 5.97 Å². The van der Waals surface area contributed by atoms with Crippen LogP contribution in [0.3, 0.4) is 0 Å². The van der Waals surface area contributed by atoms with Crippen LogP contribution in [0.25, 0.3) is 6.08 Å². The summed E-state index contributed by atoms with van der Waals surface area (Å²) in [6.07, 6.45) is 0.875. The van der Waals surface area contributed by atoms with E-state index in [0.717, 1.165) is 6.08 Å². The van der Waals surface area contributed by atoms with Gasteiger partial charge in [-0.15, -0.1) is 0 Å². The minimum absolute atomic E-state index is 0.151. The predicted octanol–water partition coefficient (Wildman–Crippen LogP) is 1.66. The van der Waals surface area contributed by atoms with E-state index in [4.69, 9.17) is 10.8 Å². The first-order chi connectivity index (χ1) is 6.93. The molecule has 80 valence electrons. The van der Waals surface area contributed by atoms with E-state index >= 15 is 0 Å². The zero-order valence-corrected chi connectivity index (χ0v) is 7.92. The standard InChI is InChI=1S/C10H9F2NO2/c1-5-2-3-6(9(12)8(5)11)4-7(13)10(14)15/h2-4H,13H2,1H3,(H,14,15)/b7-4+. The zero-order valence-electron chi connectivity index (χ0n) is 7.92. The van der Waals surface area contributed by atoms with Crippen molar-refractivity contribution in [2.45, 2.75) is 6.92 Å². The fraction of sp³-hybridized carbons (Fsp3) is 0.100. The maximum atomic E-state index is 13.2. The lowest BCUT2D eigenvalue weighted by molar-refractivity contribution is -0.132. The second-order valence-electron chi connectivity index (χ2n) is 3.00. The van der Waals surface area contributed by atoms with E-state index in [0.29, 0.717) is 0 Å². The second-order valence-corrected chi connectivity index (χ2v) is 3.00. The number of hydrogen-bond acceptors (Lipinski definition) is 2. The number of nitrogens with two attached hydrogens (primary N) is 1. The van der Waals surface area contributed by atoms with E-state index in [-0.39, 0.29) is 11.1 Å². The van der Waals surface area contributed by atoms with Crippen LogP contribution in [-0.4, -0.2) is 11.1 Å². The number of carboxylic acids is 1. The lowest BCUT2D eigenvalue weighted by Crippen LogP contribution is -2.09. The molecule has 15 heavy (non-hydrogen) atoms. The monoisotopic (exact) mass is 213 g/mol. The van der Waals surface area contributed by atoms with Crippen LogP contribution in [0.1, 0.15) is 11.1 Å². The highest BCUT2D eigenvalue weighted by Crippen LogP contribution is 2.17. The normalized spacial score (nSPS) is 11.5. The molecule has 0 amide bonds. The van der Waals surface area contributed by atoms with Gasteiger partial charge in [-0.25, -0.2) is 13.6 Å². The summed E-state index contributed by atoms with van der Waals surface area (Å²) in [6, 6.07) is 2.61. The van der Waals surface area contributed by atoms with Crippen molar-refractivity contribution in [2.75, 3.05) is 0 Å². The van der Waals surface area contributed by atoms with Crippen LogP contribution < -0.4 is 5.73 Å². The number of rotatable bonds is 2. The quantitative estimate of drug-likeness (QED) is 0.734. The Labute approximate surface area is 84.8 Å². The van der Waals surface area contributed by atoms with Crippen LogP contribution in [0.5, 0.6) is 0 Å². The van der Waals surface area contributed by atoms with Crippen LogP contribution in [0, 0.1) is 18.6 Å². The second kappa shape index (κ2) is 4.08. The zero-order chi connectivity index (χ0) is 11.6. The van der Waals surface area contributed by atoms with Crippen molar-refractivity contribution in [3.63, 3.8) is 0 Å². The molecular weight excluding hydrogens is 204 g/mol. The summed E-state index contributed by atoms with van der Waals surface area (Å²) >= 11 is 0. The Bertz CT molecular complexity index is 441. The van der Waals surface area contributed by atoms with Gasteiger partial charge in [-0.05, 0) is 18.6 Å². The topological polar surface area (TPSA) is 63.3 Å². The molecule has 3 nitrogen and oxygen atoms in total. The van der Waals surface area contributed by atoms with E-state index in [9.17, 15) is 13.6 Å². The van der Waals surface area contributed by atoms with Crippen molar-refractivity contribution < 1.29 is 18.7 Å². The molecule has 0 aromatic heterocycles. The molecule has 0 fully saturated rings. The molecule has 0 saturated carbocycles. The number of aryl methyl sites for hydroxylation is 1. The van der Waals surface area contributed by atoms with Gasteiger partial charge in [0.05, 0.1) is 0 Å². The first-order valence-corrected chi connectivity index (χ1v) is 4.08. The summed E-state index contributed by atoms with van der Waals surface area (Å²) in [5.74, 6) is -3.48. The van der Waals surface area contributed by atoms with Crippen molar-refractivity contribution in [1.29, 1.82) is 0 Å². The molecular formula is C10H9F2NO2. The minimum Gasteiger partial charge on any atom is -0.477 e. The molecule has 0 aliphatic carbocycles. The maximum absolute atomic E-state index is 13.2. The summed E-state index contributed by atoms with van der Waals surface area (Å²) in [5, 5.41) is 8.45. The molecule has 0 radical (unpaired) electrons. The number of hydrogen-bond donors (Lipinski definition) is 2. The molecule has 3 N–H and O–H groups in total. The van der Waals surface area contributed by atoms with Gasteiger partial charge in [0.1, 0.15) is 5.70 Å². The fourth-order valence-electron chi connectivity index (χ4n) is 1.00. The summed E-state index contributed by atoms with van der Waals surface area (Å²) in [6.45, 7) is 1.41. The van der Waals surface area contributed by atoms with Gasteiger partial charge in [0.2, 0.25) is 0 Å². The van der Waals surface area contributed by atoms with Crippen molar-refractivity contribution in [2.24, 2.45) is 5.73 Å². The lowest BCUT2D eigenvalue weighted by Gasteiger charge is -2.02. The Kier molecular flexibility index (Phi) is 3.04. The summed E-state index contributed by atoms with van der Waals surface area (Å²) < 4.78 is 26.3. The van der Waals surface area contributed by atoms with E-state index < -0.39 is 23.3 Å². The highest BCUT2D eigenvalue weighted by Gasteiger charge is 2.10. The first-order valence-electron chi connectivity index (χ1n) is 4.08. The van der Waals surface area contributed by atoms with Crippen molar-refractivity contribution >= 4 is 12.0 Å². The molecule has 0 atom stereocenters. The average molecular weight is 213 g/mol. The smallest absolute Gasteiger partial charge is 0.351 e. The molecule has 0 heterocycles. The third kappa shape index (κ3) is 2.31. The van der Waals surface area contributed by atoms with Gasteiger partial charge in [0.15, 0.2) is 11.6 Å². The molecule has 1 aromatic rings. The van der Waals surface area contributed by atoms with Crippen molar-refractivity contribution in [1.82, 2.24) is 0 Å². The number of benzene rings is 1. The third-order valence-corrected chi connectivity index (χ3v) is 1.86. The Morgan fingerprint density at radius 2 is 2.00 bits per heavy atom. The highest BCUT2D eigenvalue weighted by atomic mass is 19.2. The van der Waals surface area contributed by atoms with E-state index in [1.807, 2.05) is 0 Å². The average Bonchev–Trinajstić information content (AvgIpc) is 2.18. The molecule has 0 unspecified atom stereocenters. The molecule has 0 bridgehead atoms. The third-order valence-electron chi connectivity index (χ3n) is 1.86. The van der Waals surface area contributed by atoms with Gasteiger partial charge in [0, 0.05) is 5.56 Å². The van der Waals surface area contributed by atoms with Crippen LogP contribution >= 0.6 is 0 Å². The van der Waals surface area contributed by atoms with Crippen LogP contribution in [0.4, 0.5) is 8.78 Å².